The molecule has 2 aromatic carbocycles. The highest BCUT2D eigenvalue weighted by atomic mass is 35.5. The van der Waals surface area contributed by atoms with Crippen molar-refractivity contribution in [2.45, 2.75) is 57.0 Å². The first-order valence-electron chi connectivity index (χ1n) is 12.9. The number of rotatable bonds is 9. The third kappa shape index (κ3) is 8.11. The molecule has 1 aliphatic heterocycles. The summed E-state index contributed by atoms with van der Waals surface area (Å²) >= 11 is 0. The van der Waals surface area contributed by atoms with Crippen molar-refractivity contribution < 1.29 is 17.7 Å². The Balaban J connectivity index is 0.00000420. The standard InChI is InChI=1S/C28H37N5O4S.ClH/c1-28(2,3)23-10-12-24(13-11-23)38(35,36)33-18-16-32(17-19-33)21-25-29-26(37-30-25)14-15-27(34)31(4)20-22-8-6-5-7-9-22;/h5-13H,14-21H2,1-4H3;1H. The molecule has 1 saturated heterocycles. The second-order valence-electron chi connectivity index (χ2n) is 10.8. The van der Waals surface area contributed by atoms with Gasteiger partial charge in [-0.05, 0) is 28.7 Å². The summed E-state index contributed by atoms with van der Waals surface area (Å²) in [7, 11) is -1.75. The zero-order valence-electron chi connectivity index (χ0n) is 23.0. The van der Waals surface area contributed by atoms with E-state index >= 15 is 0 Å². The van der Waals surface area contributed by atoms with Crippen LogP contribution in [0.2, 0.25) is 0 Å². The molecule has 0 spiro atoms. The van der Waals surface area contributed by atoms with Crippen LogP contribution in [0.3, 0.4) is 0 Å². The van der Waals surface area contributed by atoms with Gasteiger partial charge in [-0.2, -0.15) is 9.29 Å². The lowest BCUT2D eigenvalue weighted by molar-refractivity contribution is -0.130. The summed E-state index contributed by atoms with van der Waals surface area (Å²) in [5.41, 5.74) is 2.15. The summed E-state index contributed by atoms with van der Waals surface area (Å²) in [6, 6.07) is 17.0. The number of nitrogens with zero attached hydrogens (tertiary/aromatic N) is 5. The quantitative estimate of drug-likeness (QED) is 0.382. The highest BCUT2D eigenvalue weighted by Crippen LogP contribution is 2.25. The number of hydrogen-bond donors (Lipinski definition) is 0. The summed E-state index contributed by atoms with van der Waals surface area (Å²) < 4.78 is 33.2. The number of aryl methyl sites for hydroxylation is 1. The maximum atomic E-state index is 13.1. The van der Waals surface area contributed by atoms with E-state index in [1.807, 2.05) is 42.5 Å². The molecule has 0 saturated carbocycles. The lowest BCUT2D eigenvalue weighted by Crippen LogP contribution is -2.48. The largest absolute Gasteiger partial charge is 0.341 e. The lowest BCUT2D eigenvalue weighted by atomic mass is 9.87. The Morgan fingerprint density at radius 3 is 2.26 bits per heavy atom. The molecule has 0 aliphatic carbocycles. The van der Waals surface area contributed by atoms with Crippen LogP contribution in [0.25, 0.3) is 0 Å². The van der Waals surface area contributed by atoms with E-state index in [2.05, 4.69) is 35.8 Å². The second-order valence-corrected chi connectivity index (χ2v) is 12.7. The van der Waals surface area contributed by atoms with Gasteiger partial charge in [0.25, 0.3) is 0 Å². The van der Waals surface area contributed by atoms with Gasteiger partial charge in [-0.1, -0.05) is 68.4 Å². The van der Waals surface area contributed by atoms with Gasteiger partial charge >= 0.3 is 0 Å². The van der Waals surface area contributed by atoms with Gasteiger partial charge in [-0.15, -0.1) is 12.4 Å². The average molecular weight is 576 g/mol. The van der Waals surface area contributed by atoms with E-state index in [9.17, 15) is 13.2 Å². The third-order valence-corrected chi connectivity index (χ3v) is 8.72. The molecule has 1 fully saturated rings. The van der Waals surface area contributed by atoms with Crippen LogP contribution in [-0.2, 0) is 39.7 Å². The fourth-order valence-electron chi connectivity index (χ4n) is 4.41. The van der Waals surface area contributed by atoms with Gasteiger partial charge in [-0.3, -0.25) is 9.69 Å². The molecule has 0 N–H and O–H groups in total. The molecular weight excluding hydrogens is 538 g/mol. The SMILES string of the molecule is CN(Cc1ccccc1)C(=O)CCc1nc(CN2CCN(S(=O)(=O)c3ccc(C(C)(C)C)cc3)CC2)no1.Cl. The van der Waals surface area contributed by atoms with Crippen LogP contribution in [0.5, 0.6) is 0 Å². The van der Waals surface area contributed by atoms with Crippen LogP contribution in [0.15, 0.2) is 64.0 Å². The number of benzene rings is 2. The topological polar surface area (TPSA) is 99.9 Å². The van der Waals surface area contributed by atoms with Gasteiger partial charge in [-0.25, -0.2) is 8.42 Å². The molecule has 4 rings (SSSR count). The number of aromatic nitrogens is 2. The molecule has 1 amide bonds. The van der Waals surface area contributed by atoms with Crippen LogP contribution >= 0.6 is 12.4 Å². The van der Waals surface area contributed by atoms with Crippen molar-refractivity contribution in [3.8, 4) is 0 Å². The number of amides is 1. The Morgan fingerprint density at radius 1 is 1.00 bits per heavy atom. The number of halogens is 1. The lowest BCUT2D eigenvalue weighted by Gasteiger charge is -2.33. The first-order chi connectivity index (χ1) is 18.0. The van der Waals surface area contributed by atoms with Gasteiger partial charge in [0.05, 0.1) is 11.4 Å². The molecule has 2 heterocycles. The molecule has 39 heavy (non-hydrogen) atoms. The van der Waals surface area contributed by atoms with Crippen molar-refractivity contribution in [2.75, 3.05) is 33.2 Å². The minimum absolute atomic E-state index is 0. The maximum Gasteiger partial charge on any atom is 0.243 e. The molecule has 1 aliphatic rings. The highest BCUT2D eigenvalue weighted by molar-refractivity contribution is 7.89. The van der Waals surface area contributed by atoms with Crippen molar-refractivity contribution in [3.63, 3.8) is 0 Å². The number of carbonyl (C=O) groups is 1. The normalized spacial score (nSPS) is 15.1. The molecule has 0 radical (unpaired) electrons. The van der Waals surface area contributed by atoms with Gasteiger partial charge in [0, 0.05) is 52.6 Å². The number of carbonyl (C=O) groups excluding carboxylic acids is 1. The van der Waals surface area contributed by atoms with Crippen LogP contribution < -0.4 is 0 Å². The van der Waals surface area contributed by atoms with Crippen molar-refractivity contribution in [2.24, 2.45) is 0 Å². The van der Waals surface area contributed by atoms with Gasteiger partial charge < -0.3 is 9.42 Å². The zero-order valence-corrected chi connectivity index (χ0v) is 24.7. The van der Waals surface area contributed by atoms with E-state index < -0.39 is 10.0 Å². The van der Waals surface area contributed by atoms with Crippen LogP contribution in [0.4, 0.5) is 0 Å². The molecule has 9 nitrogen and oxygen atoms in total. The van der Waals surface area contributed by atoms with E-state index in [4.69, 9.17) is 4.52 Å². The summed E-state index contributed by atoms with van der Waals surface area (Å²) in [5, 5.41) is 4.06. The summed E-state index contributed by atoms with van der Waals surface area (Å²) in [6.45, 7) is 9.29. The smallest absolute Gasteiger partial charge is 0.243 e. The Kier molecular flexibility index (Phi) is 10.3. The molecule has 11 heteroatoms. The van der Waals surface area contributed by atoms with Crippen molar-refractivity contribution in [1.82, 2.24) is 24.2 Å². The molecule has 0 unspecified atom stereocenters. The van der Waals surface area contributed by atoms with Crippen molar-refractivity contribution in [1.29, 1.82) is 0 Å². The molecular formula is C28H38ClN5O4S. The number of hydrogen-bond acceptors (Lipinski definition) is 7. The van der Waals surface area contributed by atoms with Gasteiger partial charge in [0.15, 0.2) is 5.82 Å². The minimum Gasteiger partial charge on any atom is -0.341 e. The maximum absolute atomic E-state index is 13.1. The fraction of sp³-hybridized carbons (Fsp3) is 0.464. The Bertz CT molecular complexity index is 1320. The van der Waals surface area contributed by atoms with Crippen LogP contribution in [0.1, 0.15) is 50.0 Å². The van der Waals surface area contributed by atoms with E-state index in [-0.39, 0.29) is 30.2 Å². The first-order valence-corrected chi connectivity index (χ1v) is 14.4. The Morgan fingerprint density at radius 2 is 1.64 bits per heavy atom. The number of piperazine rings is 1. The Hall–Kier alpha value is -2.79. The van der Waals surface area contributed by atoms with Gasteiger partial charge in [0.1, 0.15) is 0 Å². The van der Waals surface area contributed by atoms with Crippen molar-refractivity contribution >= 4 is 28.3 Å². The summed E-state index contributed by atoms with van der Waals surface area (Å²) in [4.78, 5) is 21.1. The van der Waals surface area contributed by atoms with Crippen molar-refractivity contribution in [3.05, 3.63) is 77.4 Å². The highest BCUT2D eigenvalue weighted by Gasteiger charge is 2.29. The minimum atomic E-state index is -3.54. The Labute approximate surface area is 237 Å². The third-order valence-electron chi connectivity index (χ3n) is 6.81. The predicted octanol–water partition coefficient (Wildman–Crippen LogP) is 3.89. The van der Waals surface area contributed by atoms with Crippen LogP contribution in [0, 0.1) is 0 Å². The van der Waals surface area contributed by atoms with E-state index in [1.54, 1.807) is 24.1 Å². The molecule has 0 atom stereocenters. The predicted molar refractivity (Wildman–Crippen MR) is 152 cm³/mol. The zero-order chi connectivity index (χ0) is 27.3. The molecule has 1 aromatic heterocycles. The first kappa shape index (κ1) is 30.7. The molecule has 3 aromatic rings. The molecule has 0 bridgehead atoms. The average Bonchev–Trinajstić information content (AvgIpc) is 3.35. The van der Waals surface area contributed by atoms with E-state index in [0.717, 1.165) is 11.1 Å². The van der Waals surface area contributed by atoms with Crippen LogP contribution in [-0.4, -0.2) is 71.8 Å². The number of sulfonamides is 1. The monoisotopic (exact) mass is 575 g/mol. The van der Waals surface area contributed by atoms with E-state index in [0.29, 0.717) is 62.3 Å². The molecule has 212 valence electrons. The van der Waals surface area contributed by atoms with Gasteiger partial charge in [0.2, 0.25) is 21.8 Å². The fourth-order valence-corrected chi connectivity index (χ4v) is 5.83. The summed E-state index contributed by atoms with van der Waals surface area (Å²) in [5.74, 6) is 0.986. The van der Waals surface area contributed by atoms with E-state index in [1.165, 1.54) is 4.31 Å². The summed E-state index contributed by atoms with van der Waals surface area (Å²) in [6.07, 6.45) is 0.670. The second kappa shape index (κ2) is 13.0.